The van der Waals surface area contributed by atoms with E-state index in [1.165, 1.54) is 17.0 Å². The quantitative estimate of drug-likeness (QED) is 0.255. The summed E-state index contributed by atoms with van der Waals surface area (Å²) in [6.45, 7) is 7.92. The van der Waals surface area contributed by atoms with E-state index in [-0.39, 0.29) is 17.3 Å². The molecule has 0 aliphatic heterocycles. The second-order valence-electron chi connectivity index (χ2n) is 9.88. The highest BCUT2D eigenvalue weighted by Gasteiger charge is 2.33. The maximum absolute atomic E-state index is 14.0. The van der Waals surface area contributed by atoms with Crippen LogP contribution in [0, 0.1) is 13.8 Å². The normalized spacial score (nSPS) is 12.0. The monoisotopic (exact) mass is 583 g/mol. The molecule has 0 aliphatic rings. The third-order valence-corrected chi connectivity index (χ3v) is 8.73. The number of anilines is 1. The molecule has 0 bridgehead atoms. The molecule has 7 nitrogen and oxygen atoms in total. The molecule has 0 aromatic heterocycles. The average molecular weight is 584 g/mol. The number of benzene rings is 3. The summed E-state index contributed by atoms with van der Waals surface area (Å²) in [6.07, 6.45) is 2.13. The van der Waals surface area contributed by atoms with Crippen molar-refractivity contribution in [1.29, 1.82) is 0 Å². The zero-order chi connectivity index (χ0) is 29.3. The Morgan fingerprint density at radius 1 is 0.875 bits per heavy atom. The molecule has 1 atom stereocenters. The lowest BCUT2D eigenvalue weighted by atomic mass is 10.1. The highest BCUT2D eigenvalue weighted by molar-refractivity contribution is 7.92. The number of unbranched alkanes of at least 4 members (excludes halogenated alkanes) is 1. The van der Waals surface area contributed by atoms with Crippen molar-refractivity contribution in [2.75, 3.05) is 17.4 Å². The van der Waals surface area contributed by atoms with Gasteiger partial charge in [-0.3, -0.25) is 13.9 Å². The number of hydrogen-bond acceptors (Lipinski definition) is 4. The molecule has 0 fully saturated rings. The van der Waals surface area contributed by atoms with E-state index in [4.69, 9.17) is 11.6 Å². The first-order valence-electron chi connectivity index (χ1n) is 13.5. The van der Waals surface area contributed by atoms with E-state index in [2.05, 4.69) is 5.32 Å². The topological polar surface area (TPSA) is 86.8 Å². The number of rotatable bonds is 13. The lowest BCUT2D eigenvalue weighted by Gasteiger charge is -2.33. The number of carbonyl (C=O) groups excluding carboxylic acids is 2. The third kappa shape index (κ3) is 8.08. The van der Waals surface area contributed by atoms with Crippen LogP contribution in [-0.4, -0.2) is 44.3 Å². The van der Waals surface area contributed by atoms with Crippen LogP contribution >= 0.6 is 11.6 Å². The van der Waals surface area contributed by atoms with Crippen molar-refractivity contribution >= 4 is 39.1 Å². The zero-order valence-electron chi connectivity index (χ0n) is 23.6. The number of amides is 2. The molecule has 1 unspecified atom stereocenters. The number of nitrogens with zero attached hydrogens (tertiary/aromatic N) is 2. The molecule has 0 saturated carbocycles. The molecule has 0 heterocycles. The van der Waals surface area contributed by atoms with Gasteiger partial charge in [0.1, 0.15) is 12.6 Å². The van der Waals surface area contributed by atoms with Crippen LogP contribution < -0.4 is 9.62 Å². The largest absolute Gasteiger partial charge is 0.354 e. The van der Waals surface area contributed by atoms with E-state index in [1.54, 1.807) is 36.4 Å². The van der Waals surface area contributed by atoms with E-state index >= 15 is 0 Å². The molecule has 1 N–H and O–H groups in total. The lowest BCUT2D eigenvalue weighted by Crippen LogP contribution is -2.52. The molecule has 0 spiro atoms. The lowest BCUT2D eigenvalue weighted by molar-refractivity contribution is -0.140. The molecule has 0 saturated heterocycles. The molecule has 3 aromatic rings. The van der Waals surface area contributed by atoms with Gasteiger partial charge in [0.2, 0.25) is 11.8 Å². The minimum Gasteiger partial charge on any atom is -0.354 e. The number of aryl methyl sites for hydroxylation is 2. The Labute approximate surface area is 243 Å². The summed E-state index contributed by atoms with van der Waals surface area (Å²) < 4.78 is 28.8. The molecular weight excluding hydrogens is 546 g/mol. The second kappa shape index (κ2) is 14.3. The molecule has 0 aliphatic carbocycles. The van der Waals surface area contributed by atoms with Gasteiger partial charge >= 0.3 is 0 Å². The van der Waals surface area contributed by atoms with Crippen molar-refractivity contribution in [3.05, 3.63) is 94.5 Å². The number of halogens is 1. The molecule has 3 aromatic carbocycles. The Hall–Kier alpha value is -3.36. The maximum atomic E-state index is 14.0. The van der Waals surface area contributed by atoms with E-state index < -0.39 is 28.5 Å². The number of carbonyl (C=O) groups is 2. The van der Waals surface area contributed by atoms with Crippen LogP contribution in [0.4, 0.5) is 5.69 Å². The standard InChI is InChI=1S/C31H38ClN3O4S/c1-5-7-20-33-31(37)29(6-2)34(21-25-12-8-23(3)9-13-25)30(36)22-35(27-16-14-26(32)15-17-27)40(38,39)28-18-10-24(4)11-19-28/h8-19,29H,5-7,20-22H2,1-4H3,(H,33,37). The van der Waals surface area contributed by atoms with Gasteiger partial charge < -0.3 is 10.2 Å². The summed E-state index contributed by atoms with van der Waals surface area (Å²) in [5, 5.41) is 3.38. The summed E-state index contributed by atoms with van der Waals surface area (Å²) >= 11 is 6.08. The van der Waals surface area contributed by atoms with Crippen LogP contribution in [0.2, 0.25) is 5.02 Å². The van der Waals surface area contributed by atoms with Crippen LogP contribution in [0.1, 0.15) is 49.8 Å². The van der Waals surface area contributed by atoms with Gasteiger partial charge in [-0.2, -0.15) is 0 Å². The predicted octanol–water partition coefficient (Wildman–Crippen LogP) is 5.88. The summed E-state index contributed by atoms with van der Waals surface area (Å²) in [4.78, 5) is 28.8. The first-order valence-corrected chi connectivity index (χ1v) is 15.4. The SMILES string of the molecule is CCCCNC(=O)C(CC)N(Cc1ccc(C)cc1)C(=O)CN(c1ccc(Cl)cc1)S(=O)(=O)c1ccc(C)cc1. The molecule has 214 valence electrons. The van der Waals surface area contributed by atoms with Crippen molar-refractivity contribution < 1.29 is 18.0 Å². The van der Waals surface area contributed by atoms with Gasteiger partial charge in [-0.15, -0.1) is 0 Å². The maximum Gasteiger partial charge on any atom is 0.264 e. The Morgan fingerprint density at radius 3 is 2.00 bits per heavy atom. The summed E-state index contributed by atoms with van der Waals surface area (Å²) in [5.41, 5.74) is 3.13. The number of sulfonamides is 1. The smallest absolute Gasteiger partial charge is 0.264 e. The van der Waals surface area contributed by atoms with Crippen molar-refractivity contribution in [1.82, 2.24) is 10.2 Å². The molecule has 3 rings (SSSR count). The van der Waals surface area contributed by atoms with Crippen molar-refractivity contribution in [2.45, 2.75) is 64.4 Å². The van der Waals surface area contributed by atoms with Crippen LogP contribution in [0.5, 0.6) is 0 Å². The van der Waals surface area contributed by atoms with Crippen LogP contribution in [0.25, 0.3) is 0 Å². The Balaban J connectivity index is 2.02. The average Bonchev–Trinajstić information content (AvgIpc) is 2.93. The predicted molar refractivity (Wildman–Crippen MR) is 161 cm³/mol. The highest BCUT2D eigenvalue weighted by Crippen LogP contribution is 2.26. The van der Waals surface area contributed by atoms with Crippen molar-refractivity contribution in [2.24, 2.45) is 0 Å². The van der Waals surface area contributed by atoms with E-state index in [0.717, 1.165) is 33.8 Å². The van der Waals surface area contributed by atoms with Gasteiger partial charge in [0.25, 0.3) is 10.0 Å². The molecule has 40 heavy (non-hydrogen) atoms. The van der Waals surface area contributed by atoms with E-state index in [1.807, 2.05) is 52.0 Å². The van der Waals surface area contributed by atoms with Crippen molar-refractivity contribution in [3.8, 4) is 0 Å². The van der Waals surface area contributed by atoms with E-state index in [0.29, 0.717) is 23.7 Å². The van der Waals surface area contributed by atoms with Crippen molar-refractivity contribution in [3.63, 3.8) is 0 Å². The molecule has 0 radical (unpaired) electrons. The number of nitrogens with one attached hydrogen (secondary N) is 1. The first-order chi connectivity index (χ1) is 19.1. The third-order valence-electron chi connectivity index (χ3n) is 6.69. The van der Waals surface area contributed by atoms with Gasteiger partial charge in [-0.1, -0.05) is 79.4 Å². The fourth-order valence-electron chi connectivity index (χ4n) is 4.29. The van der Waals surface area contributed by atoms with Gasteiger partial charge in [-0.25, -0.2) is 8.42 Å². The minimum atomic E-state index is -4.12. The summed E-state index contributed by atoms with van der Waals surface area (Å²) in [6, 6.07) is 19.7. The Bertz CT molecular complexity index is 1380. The molecular formula is C31H38ClN3O4S. The van der Waals surface area contributed by atoms with Gasteiger partial charge in [-0.05, 0) is 68.7 Å². The minimum absolute atomic E-state index is 0.0651. The van der Waals surface area contributed by atoms with Crippen LogP contribution in [0.3, 0.4) is 0 Å². The Morgan fingerprint density at radius 2 is 1.45 bits per heavy atom. The van der Waals surface area contributed by atoms with E-state index in [9.17, 15) is 18.0 Å². The van der Waals surface area contributed by atoms with Crippen LogP contribution in [0.15, 0.2) is 77.7 Å². The number of hydrogen-bond donors (Lipinski definition) is 1. The zero-order valence-corrected chi connectivity index (χ0v) is 25.1. The fraction of sp³-hybridized carbons (Fsp3) is 0.355. The van der Waals surface area contributed by atoms with Gasteiger partial charge in [0, 0.05) is 18.1 Å². The first kappa shape index (κ1) is 31.2. The fourth-order valence-corrected chi connectivity index (χ4v) is 5.83. The highest BCUT2D eigenvalue weighted by atomic mass is 35.5. The summed E-state index contributed by atoms with van der Waals surface area (Å²) in [5.74, 6) is -0.737. The van der Waals surface area contributed by atoms with Gasteiger partial charge in [0.05, 0.1) is 10.6 Å². The summed E-state index contributed by atoms with van der Waals surface area (Å²) in [7, 11) is -4.12. The molecule has 2 amide bonds. The Kier molecular flexibility index (Phi) is 11.2. The van der Waals surface area contributed by atoms with Crippen LogP contribution in [-0.2, 0) is 26.2 Å². The van der Waals surface area contributed by atoms with Gasteiger partial charge in [0.15, 0.2) is 0 Å². The second-order valence-corrected chi connectivity index (χ2v) is 12.2. The molecule has 9 heteroatoms.